The molecule has 19 heavy (non-hydrogen) atoms. The second kappa shape index (κ2) is 6.41. The maximum Gasteiger partial charge on any atom is 0.227 e. The highest BCUT2D eigenvalue weighted by Crippen LogP contribution is 2.20. The van der Waals surface area contributed by atoms with E-state index < -0.39 is 0 Å². The van der Waals surface area contributed by atoms with Crippen LogP contribution in [0.5, 0.6) is 0 Å². The van der Waals surface area contributed by atoms with E-state index in [4.69, 9.17) is 10.5 Å². The van der Waals surface area contributed by atoms with Crippen molar-refractivity contribution in [2.45, 2.75) is 23.9 Å². The van der Waals surface area contributed by atoms with Crippen LogP contribution in [0.25, 0.3) is 0 Å². The van der Waals surface area contributed by atoms with Gasteiger partial charge in [-0.1, -0.05) is 12.1 Å². The molecule has 1 fully saturated rings. The van der Waals surface area contributed by atoms with E-state index in [1.165, 1.54) is 4.90 Å². The average Bonchev–Trinajstić information content (AvgIpc) is 2.85. The van der Waals surface area contributed by atoms with Crippen molar-refractivity contribution in [3.8, 4) is 0 Å². The molecule has 0 saturated carbocycles. The minimum absolute atomic E-state index is 0.0174. The van der Waals surface area contributed by atoms with Crippen LogP contribution < -0.4 is 11.1 Å². The van der Waals surface area contributed by atoms with Gasteiger partial charge < -0.3 is 15.8 Å². The number of amides is 1. The third-order valence-corrected chi connectivity index (χ3v) is 4.18. The van der Waals surface area contributed by atoms with Crippen LogP contribution in [0, 0.1) is 5.92 Å². The summed E-state index contributed by atoms with van der Waals surface area (Å²) in [4.78, 5) is 13.3. The maximum atomic E-state index is 12.1. The number of rotatable bonds is 4. The molecule has 2 rings (SSSR count). The summed E-state index contributed by atoms with van der Waals surface area (Å²) >= 11 is 1.70. The average molecular weight is 280 g/mol. The molecule has 3 N–H and O–H groups in total. The van der Waals surface area contributed by atoms with Gasteiger partial charge in [0.2, 0.25) is 5.91 Å². The van der Waals surface area contributed by atoms with Crippen LogP contribution in [-0.4, -0.2) is 31.4 Å². The van der Waals surface area contributed by atoms with Crippen LogP contribution >= 0.6 is 11.8 Å². The third-order valence-electron chi connectivity index (χ3n) is 3.44. The highest BCUT2D eigenvalue weighted by atomic mass is 32.2. The number of ether oxygens (including phenoxy) is 1. The van der Waals surface area contributed by atoms with Crippen molar-refractivity contribution in [1.29, 1.82) is 0 Å². The summed E-state index contributed by atoms with van der Waals surface area (Å²) in [6.07, 6.45) is 2.04. The monoisotopic (exact) mass is 280 g/mol. The lowest BCUT2D eigenvalue weighted by molar-refractivity contribution is -0.125. The Morgan fingerprint density at radius 1 is 1.42 bits per heavy atom. The topological polar surface area (TPSA) is 64.3 Å². The molecule has 0 aliphatic carbocycles. The van der Waals surface area contributed by atoms with Crippen LogP contribution in [-0.2, 0) is 9.53 Å². The van der Waals surface area contributed by atoms with Gasteiger partial charge >= 0.3 is 0 Å². The van der Waals surface area contributed by atoms with Gasteiger partial charge in [-0.25, -0.2) is 0 Å². The zero-order valence-corrected chi connectivity index (χ0v) is 12.1. The normalized spacial score (nSPS) is 24.2. The van der Waals surface area contributed by atoms with Crippen LogP contribution in [0.1, 0.15) is 18.5 Å². The number of thioether (sulfide) groups is 1. The van der Waals surface area contributed by atoms with Crippen LogP contribution in [0.3, 0.4) is 0 Å². The predicted octanol–water partition coefficient (Wildman–Crippen LogP) is 1.56. The fraction of sp³-hybridized carbons (Fsp3) is 0.500. The lowest BCUT2D eigenvalue weighted by Gasteiger charge is -2.19. The SMILES string of the molecule is CSc1ccc(C(C)NC(=O)C2COCC2N)cc1. The summed E-state index contributed by atoms with van der Waals surface area (Å²) in [6, 6.07) is 8.01. The van der Waals surface area contributed by atoms with Crippen molar-refractivity contribution in [3.05, 3.63) is 29.8 Å². The van der Waals surface area contributed by atoms with Gasteiger partial charge in [0, 0.05) is 10.9 Å². The molecule has 1 aromatic carbocycles. The number of nitrogens with one attached hydrogen (secondary N) is 1. The van der Waals surface area contributed by atoms with Crippen molar-refractivity contribution in [2.75, 3.05) is 19.5 Å². The summed E-state index contributed by atoms with van der Waals surface area (Å²) in [6.45, 7) is 2.87. The van der Waals surface area contributed by atoms with E-state index in [9.17, 15) is 4.79 Å². The van der Waals surface area contributed by atoms with Gasteiger partial charge in [-0.2, -0.15) is 0 Å². The molecule has 0 radical (unpaired) electrons. The minimum atomic E-state index is -0.229. The molecule has 1 aromatic rings. The number of benzene rings is 1. The first-order chi connectivity index (χ1) is 9.11. The van der Waals surface area contributed by atoms with Gasteiger partial charge in [0.1, 0.15) is 0 Å². The zero-order chi connectivity index (χ0) is 13.8. The highest BCUT2D eigenvalue weighted by molar-refractivity contribution is 7.98. The Kier molecular flexibility index (Phi) is 4.85. The maximum absolute atomic E-state index is 12.1. The molecular formula is C14H20N2O2S. The van der Waals surface area contributed by atoms with E-state index in [-0.39, 0.29) is 23.9 Å². The second-order valence-electron chi connectivity index (χ2n) is 4.81. The van der Waals surface area contributed by atoms with Crippen LogP contribution in [0.15, 0.2) is 29.2 Å². The van der Waals surface area contributed by atoms with Crippen molar-refractivity contribution < 1.29 is 9.53 Å². The fourth-order valence-corrected chi connectivity index (χ4v) is 2.55. The third kappa shape index (κ3) is 3.49. The number of hydrogen-bond donors (Lipinski definition) is 2. The molecule has 1 amide bonds. The van der Waals surface area contributed by atoms with Crippen molar-refractivity contribution >= 4 is 17.7 Å². The molecule has 5 heteroatoms. The van der Waals surface area contributed by atoms with Crippen LogP contribution in [0.4, 0.5) is 0 Å². The van der Waals surface area contributed by atoms with Gasteiger partial charge in [-0.15, -0.1) is 11.8 Å². The van der Waals surface area contributed by atoms with Gasteiger partial charge in [0.15, 0.2) is 0 Å². The molecule has 4 nitrogen and oxygen atoms in total. The standard InChI is InChI=1S/C14H20N2O2S/c1-9(10-3-5-11(19-2)6-4-10)16-14(17)12-7-18-8-13(12)15/h3-6,9,12-13H,7-8,15H2,1-2H3,(H,16,17). The summed E-state index contributed by atoms with van der Waals surface area (Å²) < 4.78 is 5.22. The summed E-state index contributed by atoms with van der Waals surface area (Å²) in [7, 11) is 0. The molecule has 3 unspecified atom stereocenters. The first-order valence-electron chi connectivity index (χ1n) is 6.39. The molecule has 3 atom stereocenters. The Bertz CT molecular complexity index is 436. The Morgan fingerprint density at radius 2 is 2.11 bits per heavy atom. The van der Waals surface area contributed by atoms with Crippen molar-refractivity contribution in [2.24, 2.45) is 11.7 Å². The number of carbonyl (C=O) groups is 1. The largest absolute Gasteiger partial charge is 0.379 e. The first-order valence-corrected chi connectivity index (χ1v) is 7.62. The quantitative estimate of drug-likeness (QED) is 0.822. The van der Waals surface area contributed by atoms with E-state index in [1.54, 1.807) is 11.8 Å². The fourth-order valence-electron chi connectivity index (χ4n) is 2.14. The molecule has 0 bridgehead atoms. The molecule has 0 aromatic heterocycles. The van der Waals surface area contributed by atoms with E-state index >= 15 is 0 Å². The highest BCUT2D eigenvalue weighted by Gasteiger charge is 2.31. The minimum Gasteiger partial charge on any atom is -0.379 e. The van der Waals surface area contributed by atoms with E-state index in [1.807, 2.05) is 25.3 Å². The van der Waals surface area contributed by atoms with Gasteiger partial charge in [0.05, 0.1) is 25.2 Å². The number of carbonyl (C=O) groups excluding carboxylic acids is 1. The van der Waals surface area contributed by atoms with Gasteiger partial charge in [-0.05, 0) is 30.9 Å². The Labute approximate surface area is 118 Å². The number of hydrogen-bond acceptors (Lipinski definition) is 4. The Balaban J connectivity index is 1.95. The summed E-state index contributed by atoms with van der Waals surface area (Å²) in [5.74, 6) is -0.251. The van der Waals surface area contributed by atoms with Crippen molar-refractivity contribution in [3.63, 3.8) is 0 Å². The molecule has 104 valence electrons. The van der Waals surface area contributed by atoms with Crippen molar-refractivity contribution in [1.82, 2.24) is 5.32 Å². The van der Waals surface area contributed by atoms with E-state index in [0.29, 0.717) is 13.2 Å². The lowest BCUT2D eigenvalue weighted by Crippen LogP contribution is -2.41. The number of nitrogens with two attached hydrogens (primary N) is 1. The molecule has 1 heterocycles. The van der Waals surface area contributed by atoms with E-state index in [0.717, 1.165) is 5.56 Å². The van der Waals surface area contributed by atoms with Gasteiger partial charge in [0.25, 0.3) is 0 Å². The Morgan fingerprint density at radius 3 is 2.63 bits per heavy atom. The van der Waals surface area contributed by atoms with E-state index in [2.05, 4.69) is 17.4 Å². The lowest BCUT2D eigenvalue weighted by atomic mass is 10.0. The summed E-state index contributed by atoms with van der Waals surface area (Å²) in [5.41, 5.74) is 6.94. The second-order valence-corrected chi connectivity index (χ2v) is 5.69. The predicted molar refractivity (Wildman–Crippen MR) is 77.1 cm³/mol. The zero-order valence-electron chi connectivity index (χ0n) is 11.3. The Hall–Kier alpha value is -1.04. The molecule has 1 aliphatic heterocycles. The molecule has 0 spiro atoms. The van der Waals surface area contributed by atoms with Crippen LogP contribution in [0.2, 0.25) is 0 Å². The summed E-state index contributed by atoms with van der Waals surface area (Å²) in [5, 5.41) is 3.00. The smallest absolute Gasteiger partial charge is 0.227 e. The first kappa shape index (κ1) is 14.4. The van der Waals surface area contributed by atoms with Gasteiger partial charge in [-0.3, -0.25) is 4.79 Å². The molecule has 1 aliphatic rings. The molecule has 1 saturated heterocycles. The molecular weight excluding hydrogens is 260 g/mol.